The van der Waals surface area contributed by atoms with Gasteiger partial charge in [-0.25, -0.2) is 0 Å². The minimum absolute atomic E-state index is 0.0916. The summed E-state index contributed by atoms with van der Waals surface area (Å²) >= 11 is 0. The van der Waals surface area contributed by atoms with Gasteiger partial charge >= 0.3 is 5.97 Å². The SMILES string of the molecule is CCC[C@@H]1CCC(CN)(CC(=O)O)C1. The molecule has 0 heterocycles. The molecule has 2 atom stereocenters. The Morgan fingerprint density at radius 3 is 2.86 bits per heavy atom. The van der Waals surface area contributed by atoms with E-state index in [-0.39, 0.29) is 11.8 Å². The van der Waals surface area contributed by atoms with Crippen LogP contribution in [0.3, 0.4) is 0 Å². The third kappa shape index (κ3) is 2.71. The van der Waals surface area contributed by atoms with Gasteiger partial charge in [0, 0.05) is 0 Å². The van der Waals surface area contributed by atoms with Gasteiger partial charge in [0.1, 0.15) is 0 Å². The van der Waals surface area contributed by atoms with Crippen molar-refractivity contribution in [3.63, 3.8) is 0 Å². The first-order chi connectivity index (χ1) is 6.62. The second-order valence-corrected chi connectivity index (χ2v) is 4.67. The van der Waals surface area contributed by atoms with Crippen LogP contribution in [0.5, 0.6) is 0 Å². The molecule has 0 spiro atoms. The molecule has 14 heavy (non-hydrogen) atoms. The number of hydrogen-bond acceptors (Lipinski definition) is 2. The highest BCUT2D eigenvalue weighted by Crippen LogP contribution is 2.45. The minimum atomic E-state index is -0.701. The summed E-state index contributed by atoms with van der Waals surface area (Å²) in [5, 5.41) is 8.83. The van der Waals surface area contributed by atoms with E-state index >= 15 is 0 Å². The smallest absolute Gasteiger partial charge is 0.303 e. The number of rotatable bonds is 5. The Balaban J connectivity index is 2.52. The van der Waals surface area contributed by atoms with E-state index in [1.807, 2.05) is 0 Å². The minimum Gasteiger partial charge on any atom is -0.481 e. The number of carboxylic acids is 1. The predicted molar refractivity (Wildman–Crippen MR) is 56.0 cm³/mol. The summed E-state index contributed by atoms with van der Waals surface area (Å²) in [5.41, 5.74) is 5.62. The summed E-state index contributed by atoms with van der Waals surface area (Å²) in [6, 6.07) is 0. The molecule has 1 rings (SSSR count). The molecule has 82 valence electrons. The highest BCUT2D eigenvalue weighted by atomic mass is 16.4. The third-order valence-corrected chi connectivity index (χ3v) is 3.46. The maximum absolute atomic E-state index is 10.7. The van der Waals surface area contributed by atoms with E-state index in [2.05, 4.69) is 6.92 Å². The summed E-state index contributed by atoms with van der Waals surface area (Å²) in [4.78, 5) is 10.7. The van der Waals surface area contributed by atoms with Crippen molar-refractivity contribution < 1.29 is 9.90 Å². The average molecular weight is 199 g/mol. The van der Waals surface area contributed by atoms with Gasteiger partial charge in [-0.05, 0) is 37.1 Å². The van der Waals surface area contributed by atoms with Crippen molar-refractivity contribution in [2.75, 3.05) is 6.54 Å². The van der Waals surface area contributed by atoms with E-state index in [1.165, 1.54) is 19.3 Å². The van der Waals surface area contributed by atoms with E-state index in [1.54, 1.807) is 0 Å². The van der Waals surface area contributed by atoms with Crippen LogP contribution in [0.1, 0.15) is 45.4 Å². The molecule has 0 saturated heterocycles. The maximum atomic E-state index is 10.7. The van der Waals surface area contributed by atoms with Crippen LogP contribution in [0.15, 0.2) is 0 Å². The van der Waals surface area contributed by atoms with Gasteiger partial charge in [0.2, 0.25) is 0 Å². The van der Waals surface area contributed by atoms with Gasteiger partial charge in [-0.3, -0.25) is 4.79 Å². The van der Waals surface area contributed by atoms with Gasteiger partial charge < -0.3 is 10.8 Å². The second-order valence-electron chi connectivity index (χ2n) is 4.67. The molecule has 0 aliphatic heterocycles. The average Bonchev–Trinajstić information content (AvgIpc) is 2.49. The molecular formula is C11H21NO2. The highest BCUT2D eigenvalue weighted by molar-refractivity contribution is 5.67. The van der Waals surface area contributed by atoms with Crippen molar-refractivity contribution in [3.05, 3.63) is 0 Å². The first-order valence-electron chi connectivity index (χ1n) is 5.54. The van der Waals surface area contributed by atoms with E-state index in [4.69, 9.17) is 10.8 Å². The summed E-state index contributed by atoms with van der Waals surface area (Å²) in [6.07, 6.45) is 5.85. The van der Waals surface area contributed by atoms with Gasteiger partial charge in [0.25, 0.3) is 0 Å². The second kappa shape index (κ2) is 4.78. The molecule has 1 fully saturated rings. The summed E-state index contributed by atoms with van der Waals surface area (Å²) < 4.78 is 0. The lowest BCUT2D eigenvalue weighted by molar-refractivity contribution is -0.139. The van der Waals surface area contributed by atoms with Crippen LogP contribution < -0.4 is 5.73 Å². The number of carbonyl (C=O) groups is 1. The van der Waals surface area contributed by atoms with Crippen LogP contribution in [0.4, 0.5) is 0 Å². The first-order valence-corrected chi connectivity index (χ1v) is 5.54. The Morgan fingerprint density at radius 1 is 1.64 bits per heavy atom. The topological polar surface area (TPSA) is 63.3 Å². The molecule has 1 aliphatic carbocycles. The van der Waals surface area contributed by atoms with E-state index in [9.17, 15) is 4.79 Å². The number of aliphatic carboxylic acids is 1. The Kier molecular flexibility index (Phi) is 3.93. The molecule has 1 aliphatic rings. The van der Waals surface area contributed by atoms with Gasteiger partial charge in [0.05, 0.1) is 6.42 Å². The fraction of sp³-hybridized carbons (Fsp3) is 0.909. The molecule has 3 N–H and O–H groups in total. The summed E-state index contributed by atoms with van der Waals surface area (Å²) in [6.45, 7) is 2.71. The molecule has 0 bridgehead atoms. The van der Waals surface area contributed by atoms with Crippen molar-refractivity contribution in [1.82, 2.24) is 0 Å². The lowest BCUT2D eigenvalue weighted by Gasteiger charge is -2.25. The van der Waals surface area contributed by atoms with Crippen molar-refractivity contribution in [3.8, 4) is 0 Å². The third-order valence-electron chi connectivity index (χ3n) is 3.46. The van der Waals surface area contributed by atoms with Crippen molar-refractivity contribution in [1.29, 1.82) is 0 Å². The van der Waals surface area contributed by atoms with Crippen LogP contribution in [0, 0.1) is 11.3 Å². The standard InChI is InChI=1S/C11H21NO2/c1-2-3-9-4-5-11(6-9,8-12)7-10(13)14/h9H,2-8,12H2,1H3,(H,13,14)/t9-,11?/m1/s1. The zero-order valence-corrected chi connectivity index (χ0v) is 8.96. The highest BCUT2D eigenvalue weighted by Gasteiger charge is 2.39. The number of nitrogens with two attached hydrogens (primary N) is 1. The Morgan fingerprint density at radius 2 is 2.36 bits per heavy atom. The Labute approximate surface area is 85.7 Å². The van der Waals surface area contributed by atoms with Crippen molar-refractivity contribution in [2.24, 2.45) is 17.1 Å². The molecule has 1 unspecified atom stereocenters. The first kappa shape index (κ1) is 11.5. The maximum Gasteiger partial charge on any atom is 0.303 e. The quantitative estimate of drug-likeness (QED) is 0.712. The Bertz CT molecular complexity index is 205. The molecule has 0 aromatic heterocycles. The van der Waals surface area contributed by atoms with Crippen LogP contribution in [0.2, 0.25) is 0 Å². The zero-order valence-electron chi connectivity index (χ0n) is 8.96. The van der Waals surface area contributed by atoms with Crippen LogP contribution in [-0.4, -0.2) is 17.6 Å². The van der Waals surface area contributed by atoms with Crippen LogP contribution in [-0.2, 0) is 4.79 Å². The monoisotopic (exact) mass is 199 g/mol. The van der Waals surface area contributed by atoms with Gasteiger partial charge in [-0.1, -0.05) is 19.8 Å². The molecule has 0 radical (unpaired) electrons. The van der Waals surface area contributed by atoms with Crippen LogP contribution >= 0.6 is 0 Å². The number of hydrogen-bond donors (Lipinski definition) is 2. The molecular weight excluding hydrogens is 178 g/mol. The lowest BCUT2D eigenvalue weighted by atomic mass is 9.81. The zero-order chi connectivity index (χ0) is 10.6. The fourth-order valence-corrected chi connectivity index (χ4v) is 2.72. The number of carboxylic acid groups (broad SMARTS) is 1. The lowest BCUT2D eigenvalue weighted by Crippen LogP contribution is -2.30. The predicted octanol–water partition coefficient (Wildman–Crippen LogP) is 2.01. The van der Waals surface area contributed by atoms with E-state index in [0.717, 1.165) is 12.8 Å². The normalized spacial score (nSPS) is 32.0. The summed E-state index contributed by atoms with van der Waals surface area (Å²) in [7, 11) is 0. The van der Waals surface area contributed by atoms with Gasteiger partial charge in [-0.2, -0.15) is 0 Å². The van der Waals surface area contributed by atoms with Crippen LogP contribution in [0.25, 0.3) is 0 Å². The molecule has 1 saturated carbocycles. The van der Waals surface area contributed by atoms with Crippen molar-refractivity contribution >= 4 is 5.97 Å². The van der Waals surface area contributed by atoms with E-state index in [0.29, 0.717) is 12.5 Å². The molecule has 0 amide bonds. The molecule has 3 heteroatoms. The van der Waals surface area contributed by atoms with E-state index < -0.39 is 5.97 Å². The molecule has 0 aromatic rings. The summed E-state index contributed by atoms with van der Waals surface area (Å²) in [5.74, 6) is 0.00972. The Hall–Kier alpha value is -0.570. The largest absolute Gasteiger partial charge is 0.481 e. The van der Waals surface area contributed by atoms with Crippen molar-refractivity contribution in [2.45, 2.75) is 45.4 Å². The fourth-order valence-electron chi connectivity index (χ4n) is 2.72. The molecule has 0 aromatic carbocycles. The van der Waals surface area contributed by atoms with Gasteiger partial charge in [0.15, 0.2) is 0 Å². The van der Waals surface area contributed by atoms with Gasteiger partial charge in [-0.15, -0.1) is 0 Å². The molecule has 3 nitrogen and oxygen atoms in total.